The second-order valence-electron chi connectivity index (χ2n) is 4.44. The van der Waals surface area contributed by atoms with Crippen LogP contribution < -0.4 is 5.32 Å². The number of nitrogens with one attached hydrogen (secondary N) is 1. The number of halogens is 3. The largest absolute Gasteiger partial charge is 0.298 e. The molecule has 2 aromatic rings. The number of rotatable bonds is 2. The number of aryl methyl sites for hydroxylation is 2. The van der Waals surface area contributed by atoms with Gasteiger partial charge in [0.1, 0.15) is 17.2 Å². The van der Waals surface area contributed by atoms with E-state index in [0.717, 1.165) is 42.0 Å². The average Bonchev–Trinajstić information content (AvgIpc) is 2.87. The fraction of sp³-hybridized carbons (Fsp3) is 0.231. The maximum absolute atomic E-state index is 13.7. The van der Waals surface area contributed by atoms with Gasteiger partial charge in [-0.25, -0.2) is 13.8 Å². The summed E-state index contributed by atoms with van der Waals surface area (Å²) in [4.78, 5) is 17.4. The van der Waals surface area contributed by atoms with Crippen molar-refractivity contribution >= 4 is 38.3 Å². The van der Waals surface area contributed by atoms with Crippen molar-refractivity contribution in [3.05, 3.63) is 44.4 Å². The molecule has 1 aromatic heterocycles. The van der Waals surface area contributed by atoms with Crippen LogP contribution in [0.5, 0.6) is 0 Å². The zero-order valence-electron chi connectivity index (χ0n) is 10.2. The van der Waals surface area contributed by atoms with E-state index in [-0.39, 0.29) is 4.47 Å². The summed E-state index contributed by atoms with van der Waals surface area (Å²) < 4.78 is 27.6. The van der Waals surface area contributed by atoms with Gasteiger partial charge in [-0.15, -0.1) is 11.3 Å². The summed E-state index contributed by atoms with van der Waals surface area (Å²) in [5.74, 6) is -2.63. The molecule has 3 nitrogen and oxygen atoms in total. The number of benzene rings is 1. The molecule has 20 heavy (non-hydrogen) atoms. The fourth-order valence-electron chi connectivity index (χ4n) is 2.16. The number of hydrogen-bond acceptors (Lipinski definition) is 3. The van der Waals surface area contributed by atoms with E-state index in [1.165, 1.54) is 11.3 Å². The minimum Gasteiger partial charge on any atom is -0.298 e. The van der Waals surface area contributed by atoms with E-state index in [9.17, 15) is 13.6 Å². The monoisotopic (exact) mass is 358 g/mol. The molecule has 0 aliphatic heterocycles. The molecule has 1 aliphatic rings. The molecular formula is C13H9BrF2N2OS. The Morgan fingerprint density at radius 3 is 2.65 bits per heavy atom. The Labute approximate surface area is 126 Å². The SMILES string of the molecule is O=C(Nc1nc2c(s1)CCC2)c1c(F)cc(Br)cc1F. The lowest BCUT2D eigenvalue weighted by Crippen LogP contribution is -2.16. The molecule has 0 radical (unpaired) electrons. The molecule has 1 amide bonds. The minimum atomic E-state index is -0.904. The van der Waals surface area contributed by atoms with Gasteiger partial charge in [0.25, 0.3) is 5.91 Å². The van der Waals surface area contributed by atoms with Gasteiger partial charge in [-0.2, -0.15) is 0 Å². The number of fused-ring (bicyclic) bond motifs is 1. The van der Waals surface area contributed by atoms with Crippen molar-refractivity contribution in [3.8, 4) is 0 Å². The fourth-order valence-corrected chi connectivity index (χ4v) is 3.61. The van der Waals surface area contributed by atoms with Crippen molar-refractivity contribution in [2.75, 3.05) is 5.32 Å². The van der Waals surface area contributed by atoms with Gasteiger partial charge < -0.3 is 0 Å². The van der Waals surface area contributed by atoms with E-state index in [4.69, 9.17) is 0 Å². The normalized spacial score (nSPS) is 13.3. The highest BCUT2D eigenvalue weighted by molar-refractivity contribution is 9.10. The van der Waals surface area contributed by atoms with E-state index in [1.807, 2.05) is 0 Å². The number of amides is 1. The second kappa shape index (κ2) is 5.21. The summed E-state index contributed by atoms with van der Waals surface area (Å²) in [7, 11) is 0. The van der Waals surface area contributed by atoms with Crippen LogP contribution in [0.3, 0.4) is 0 Å². The Morgan fingerprint density at radius 2 is 2.00 bits per heavy atom. The lowest BCUT2D eigenvalue weighted by molar-refractivity contribution is 0.101. The van der Waals surface area contributed by atoms with Crippen LogP contribution in [0.2, 0.25) is 0 Å². The van der Waals surface area contributed by atoms with Crippen molar-refractivity contribution < 1.29 is 13.6 Å². The predicted molar refractivity (Wildman–Crippen MR) is 76.2 cm³/mol. The minimum absolute atomic E-state index is 0.247. The van der Waals surface area contributed by atoms with Crippen LogP contribution in [0.4, 0.5) is 13.9 Å². The molecule has 1 N–H and O–H groups in total. The van der Waals surface area contributed by atoms with Crippen LogP contribution in [0, 0.1) is 11.6 Å². The molecule has 7 heteroatoms. The molecule has 0 unspecified atom stereocenters. The standard InChI is InChI=1S/C13H9BrF2N2OS/c14-6-4-7(15)11(8(16)5-6)12(19)18-13-17-9-2-1-3-10(9)20-13/h4-5H,1-3H2,(H,17,18,19). The number of carbonyl (C=O) groups excluding carboxylic acids is 1. The van der Waals surface area contributed by atoms with Crippen LogP contribution in [-0.2, 0) is 12.8 Å². The molecule has 0 fully saturated rings. The first-order chi connectivity index (χ1) is 9.54. The summed E-state index contributed by atoms with van der Waals surface area (Å²) >= 11 is 4.33. The Bertz CT molecular complexity index is 657. The molecule has 0 saturated carbocycles. The number of nitrogens with zero attached hydrogens (tertiary/aromatic N) is 1. The highest BCUT2D eigenvalue weighted by atomic mass is 79.9. The van der Waals surface area contributed by atoms with Crippen LogP contribution in [0.1, 0.15) is 27.3 Å². The third kappa shape index (κ3) is 2.47. The number of carbonyl (C=O) groups is 1. The number of hydrogen-bond donors (Lipinski definition) is 1. The predicted octanol–water partition coefficient (Wildman–Crippen LogP) is 3.92. The van der Waals surface area contributed by atoms with Crippen LogP contribution in [-0.4, -0.2) is 10.9 Å². The molecule has 0 atom stereocenters. The third-order valence-corrected chi connectivity index (χ3v) is 4.58. The first kappa shape index (κ1) is 13.6. The van der Waals surface area contributed by atoms with Gasteiger partial charge in [0, 0.05) is 9.35 Å². The van der Waals surface area contributed by atoms with Gasteiger partial charge in [0.05, 0.1) is 5.69 Å². The highest BCUT2D eigenvalue weighted by Gasteiger charge is 2.22. The Hall–Kier alpha value is -1.34. The maximum Gasteiger partial charge on any atom is 0.263 e. The van der Waals surface area contributed by atoms with E-state index >= 15 is 0 Å². The summed E-state index contributed by atoms with van der Waals surface area (Å²) in [6.07, 6.45) is 2.91. The first-order valence-corrected chi connectivity index (χ1v) is 7.60. The van der Waals surface area contributed by atoms with Crippen LogP contribution >= 0.6 is 27.3 Å². The van der Waals surface area contributed by atoms with Gasteiger partial charge in [0.2, 0.25) is 0 Å². The molecule has 104 valence electrons. The van der Waals surface area contributed by atoms with E-state index in [1.54, 1.807) is 0 Å². The van der Waals surface area contributed by atoms with Crippen molar-refractivity contribution in [2.24, 2.45) is 0 Å². The van der Waals surface area contributed by atoms with E-state index in [0.29, 0.717) is 5.13 Å². The molecule has 0 spiro atoms. The van der Waals surface area contributed by atoms with Crippen molar-refractivity contribution in [3.63, 3.8) is 0 Å². The summed E-state index contributed by atoms with van der Waals surface area (Å²) in [5, 5.41) is 2.85. The first-order valence-electron chi connectivity index (χ1n) is 5.99. The molecule has 0 bridgehead atoms. The van der Waals surface area contributed by atoms with E-state index in [2.05, 4.69) is 26.2 Å². The number of thiazole rings is 1. The van der Waals surface area contributed by atoms with Crippen molar-refractivity contribution in [1.29, 1.82) is 0 Å². The molecule has 3 rings (SSSR count). The smallest absolute Gasteiger partial charge is 0.263 e. The summed E-state index contributed by atoms with van der Waals surface area (Å²) in [6, 6.07) is 2.11. The van der Waals surface area contributed by atoms with Gasteiger partial charge in [-0.1, -0.05) is 15.9 Å². The summed E-state index contributed by atoms with van der Waals surface area (Å²) in [6.45, 7) is 0. The van der Waals surface area contributed by atoms with Gasteiger partial charge >= 0.3 is 0 Å². The van der Waals surface area contributed by atoms with Crippen molar-refractivity contribution in [2.45, 2.75) is 19.3 Å². The Kier molecular flexibility index (Phi) is 3.55. The van der Waals surface area contributed by atoms with Gasteiger partial charge in [-0.3, -0.25) is 10.1 Å². The Balaban J connectivity index is 1.86. The molecule has 1 heterocycles. The lowest BCUT2D eigenvalue weighted by Gasteiger charge is -2.05. The topological polar surface area (TPSA) is 42.0 Å². The molecule has 1 aromatic carbocycles. The van der Waals surface area contributed by atoms with Gasteiger partial charge in [0.15, 0.2) is 5.13 Å². The third-order valence-electron chi connectivity index (χ3n) is 3.05. The molecular weight excluding hydrogens is 350 g/mol. The number of aromatic nitrogens is 1. The highest BCUT2D eigenvalue weighted by Crippen LogP contribution is 2.31. The molecule has 0 saturated heterocycles. The lowest BCUT2D eigenvalue weighted by atomic mass is 10.2. The van der Waals surface area contributed by atoms with Crippen LogP contribution in [0.15, 0.2) is 16.6 Å². The zero-order chi connectivity index (χ0) is 14.3. The summed E-state index contributed by atoms with van der Waals surface area (Å²) in [5.41, 5.74) is 0.380. The van der Waals surface area contributed by atoms with Crippen molar-refractivity contribution in [1.82, 2.24) is 4.98 Å². The van der Waals surface area contributed by atoms with Gasteiger partial charge in [-0.05, 0) is 31.4 Å². The van der Waals surface area contributed by atoms with Crippen LogP contribution in [0.25, 0.3) is 0 Å². The quantitative estimate of drug-likeness (QED) is 0.883. The zero-order valence-corrected chi connectivity index (χ0v) is 12.6. The second-order valence-corrected chi connectivity index (χ2v) is 6.44. The van der Waals surface area contributed by atoms with E-state index < -0.39 is 23.1 Å². The number of anilines is 1. The maximum atomic E-state index is 13.7. The average molecular weight is 359 g/mol. The molecule has 1 aliphatic carbocycles. The Morgan fingerprint density at radius 1 is 1.30 bits per heavy atom.